The van der Waals surface area contributed by atoms with Crippen molar-refractivity contribution in [2.24, 2.45) is 10.8 Å². The maximum atomic E-state index is 14.0. The topological polar surface area (TPSA) is 65.1 Å². The van der Waals surface area contributed by atoms with Crippen LogP contribution in [0.2, 0.25) is 0 Å². The van der Waals surface area contributed by atoms with Gasteiger partial charge in [-0.2, -0.15) is 0 Å². The average Bonchev–Trinajstić information content (AvgIpc) is 2.80. The molecular weight excluding hydrogens is 558 g/mol. The van der Waals surface area contributed by atoms with E-state index in [0.29, 0.717) is 37.6 Å². The van der Waals surface area contributed by atoms with Gasteiger partial charge in [0.2, 0.25) is 0 Å². The molecule has 1 aromatic carbocycles. The summed E-state index contributed by atoms with van der Waals surface area (Å²) < 4.78 is 18.3. The number of carbonyl (C=O) groups excluding carboxylic acids is 2. The molecule has 0 N–H and O–H groups in total. The third kappa shape index (κ3) is 6.14. The molecule has 0 saturated carbocycles. The number of ether oxygens (including phenoxy) is 3. The average molecular weight is 603 g/mol. The smallest absolute Gasteiger partial charge is 0.175 e. The lowest BCUT2D eigenvalue weighted by atomic mass is 9.63. The first-order chi connectivity index (χ1) is 18.3. The minimum atomic E-state index is -0.426. The summed E-state index contributed by atoms with van der Waals surface area (Å²) in [6, 6.07) is 3.99. The maximum Gasteiger partial charge on any atom is 0.175 e. The maximum absolute atomic E-state index is 14.0. The van der Waals surface area contributed by atoms with Gasteiger partial charge in [0.15, 0.2) is 23.1 Å². The van der Waals surface area contributed by atoms with E-state index in [9.17, 15) is 9.59 Å². The van der Waals surface area contributed by atoms with Crippen LogP contribution in [0.25, 0.3) is 0 Å². The van der Waals surface area contributed by atoms with Gasteiger partial charge in [-0.15, -0.1) is 0 Å². The van der Waals surface area contributed by atoms with E-state index in [1.165, 1.54) is 0 Å². The quantitative estimate of drug-likeness (QED) is 0.275. The van der Waals surface area contributed by atoms with E-state index in [1.807, 2.05) is 32.9 Å². The van der Waals surface area contributed by atoms with Crippen molar-refractivity contribution < 1.29 is 23.8 Å². The van der Waals surface area contributed by atoms with Crippen LogP contribution in [0.1, 0.15) is 92.1 Å². The van der Waals surface area contributed by atoms with Crippen molar-refractivity contribution >= 4 is 27.5 Å². The lowest BCUT2D eigenvalue weighted by Crippen LogP contribution is -2.44. The molecule has 0 atom stereocenters. The molecule has 214 valence electrons. The number of allylic oxidation sites excluding steroid dienone is 4. The van der Waals surface area contributed by atoms with E-state index in [1.54, 1.807) is 7.11 Å². The van der Waals surface area contributed by atoms with Crippen molar-refractivity contribution in [2.75, 3.05) is 26.9 Å². The van der Waals surface area contributed by atoms with Gasteiger partial charge >= 0.3 is 0 Å². The van der Waals surface area contributed by atoms with E-state index in [2.05, 4.69) is 48.5 Å². The lowest BCUT2D eigenvalue weighted by Gasteiger charge is -2.49. The molecule has 0 saturated heterocycles. The second-order valence-corrected chi connectivity index (χ2v) is 13.8. The summed E-state index contributed by atoms with van der Waals surface area (Å²) in [5.41, 5.74) is 4.25. The summed E-state index contributed by atoms with van der Waals surface area (Å²) in [6.45, 7) is 16.4. The van der Waals surface area contributed by atoms with Crippen LogP contribution in [0, 0.1) is 10.8 Å². The van der Waals surface area contributed by atoms with Gasteiger partial charge < -0.3 is 19.1 Å². The number of benzene rings is 1. The molecule has 0 aromatic heterocycles. The van der Waals surface area contributed by atoms with Crippen molar-refractivity contribution in [1.29, 1.82) is 0 Å². The minimum Gasteiger partial charge on any atom is -0.490 e. The molecule has 7 heteroatoms. The highest BCUT2D eigenvalue weighted by molar-refractivity contribution is 9.10. The summed E-state index contributed by atoms with van der Waals surface area (Å²) in [7, 11) is 1.71. The first-order valence-corrected chi connectivity index (χ1v) is 15.0. The summed E-state index contributed by atoms with van der Waals surface area (Å²) in [5, 5.41) is 0. The Kier molecular flexibility index (Phi) is 8.73. The second kappa shape index (κ2) is 11.4. The zero-order valence-electron chi connectivity index (χ0n) is 24.8. The molecule has 0 amide bonds. The van der Waals surface area contributed by atoms with E-state index >= 15 is 0 Å². The molecule has 0 radical (unpaired) electrons. The first-order valence-electron chi connectivity index (χ1n) is 14.2. The third-order valence-electron chi connectivity index (χ3n) is 7.77. The molecule has 1 aromatic rings. The fourth-order valence-electron chi connectivity index (χ4n) is 6.39. The molecule has 3 aliphatic rings. The van der Waals surface area contributed by atoms with Crippen molar-refractivity contribution in [2.45, 2.75) is 92.6 Å². The van der Waals surface area contributed by atoms with E-state index in [0.717, 1.165) is 58.4 Å². The van der Waals surface area contributed by atoms with Crippen LogP contribution in [-0.2, 0) is 14.3 Å². The molecule has 0 unspecified atom stereocenters. The Balaban J connectivity index is 1.98. The highest BCUT2D eigenvalue weighted by Crippen LogP contribution is 2.55. The largest absolute Gasteiger partial charge is 0.490 e. The second-order valence-electron chi connectivity index (χ2n) is 13.0. The van der Waals surface area contributed by atoms with Crippen molar-refractivity contribution in [3.63, 3.8) is 0 Å². The number of methoxy groups -OCH3 is 1. The van der Waals surface area contributed by atoms with Crippen molar-refractivity contribution in [3.8, 4) is 11.5 Å². The Bertz CT molecular complexity index is 1160. The van der Waals surface area contributed by atoms with Crippen LogP contribution in [-0.4, -0.2) is 49.4 Å². The summed E-state index contributed by atoms with van der Waals surface area (Å²) >= 11 is 3.73. The molecule has 1 aliphatic heterocycles. The number of Topliss-reactive ketones (excluding diaryl/α,β-unsaturated/α-hetero) is 2. The number of halogens is 1. The molecule has 0 spiro atoms. The molecule has 6 nitrogen and oxygen atoms in total. The van der Waals surface area contributed by atoms with Gasteiger partial charge in [0, 0.05) is 61.6 Å². The van der Waals surface area contributed by atoms with Crippen LogP contribution in [0.3, 0.4) is 0 Å². The lowest BCUT2D eigenvalue weighted by molar-refractivity contribution is -0.119. The molecule has 0 bridgehead atoms. The SMILES string of the molecule is CCOc1cc(C2C3=C(CC(C)(C)CC3=O)N(CCCOC)C3=C2C(=O)CC(C)(C)C3)cc(Br)c1OC(C)C. The Hall–Kier alpha value is -2.12. The van der Waals surface area contributed by atoms with Gasteiger partial charge in [0.05, 0.1) is 17.2 Å². The molecule has 39 heavy (non-hydrogen) atoms. The summed E-state index contributed by atoms with van der Waals surface area (Å²) in [6.07, 6.45) is 3.29. The number of carbonyl (C=O) groups is 2. The fourth-order valence-corrected chi connectivity index (χ4v) is 6.94. The first kappa shape index (κ1) is 29.9. The Morgan fingerprint density at radius 3 is 2.03 bits per heavy atom. The standard InChI is InChI=1S/C32H44BrNO5/c1-9-38-26-14-20(13-21(33)30(26)39-19(2)3)27-28-22(15-31(4,5)17-24(28)35)34(11-10-12-37-8)23-16-32(6,7)18-25(36)29(23)27/h13-14,19,27H,9-12,15-18H2,1-8H3. The summed E-state index contributed by atoms with van der Waals surface area (Å²) in [5.74, 6) is 1.09. The Labute approximate surface area is 242 Å². The number of hydrogen-bond donors (Lipinski definition) is 0. The zero-order chi connectivity index (χ0) is 28.7. The van der Waals surface area contributed by atoms with Crippen LogP contribution in [0.5, 0.6) is 11.5 Å². The van der Waals surface area contributed by atoms with E-state index in [4.69, 9.17) is 14.2 Å². The van der Waals surface area contributed by atoms with E-state index < -0.39 is 5.92 Å². The van der Waals surface area contributed by atoms with Gasteiger partial charge in [-0.1, -0.05) is 27.7 Å². The predicted octanol–water partition coefficient (Wildman–Crippen LogP) is 7.36. The summed E-state index contributed by atoms with van der Waals surface area (Å²) in [4.78, 5) is 30.3. The number of ketones is 2. The van der Waals surface area contributed by atoms with Gasteiger partial charge in [-0.25, -0.2) is 0 Å². The van der Waals surface area contributed by atoms with Crippen LogP contribution < -0.4 is 9.47 Å². The number of rotatable bonds is 9. The normalized spacial score (nSPS) is 20.9. The number of nitrogens with zero attached hydrogens (tertiary/aromatic N) is 1. The fraction of sp³-hybridized carbons (Fsp3) is 0.625. The Morgan fingerprint density at radius 2 is 1.54 bits per heavy atom. The molecule has 2 aliphatic carbocycles. The van der Waals surface area contributed by atoms with Crippen LogP contribution >= 0.6 is 15.9 Å². The molecular formula is C32H44BrNO5. The third-order valence-corrected chi connectivity index (χ3v) is 8.36. The van der Waals surface area contributed by atoms with Gasteiger partial charge in [-0.05, 0) is 84.5 Å². The van der Waals surface area contributed by atoms with Gasteiger partial charge in [0.1, 0.15) is 0 Å². The minimum absolute atomic E-state index is 0.0328. The molecule has 1 heterocycles. The monoisotopic (exact) mass is 601 g/mol. The van der Waals surface area contributed by atoms with Gasteiger partial charge in [0.25, 0.3) is 0 Å². The van der Waals surface area contributed by atoms with E-state index in [-0.39, 0.29) is 28.5 Å². The van der Waals surface area contributed by atoms with Crippen LogP contribution in [0.15, 0.2) is 39.1 Å². The van der Waals surface area contributed by atoms with Gasteiger partial charge in [-0.3, -0.25) is 9.59 Å². The van der Waals surface area contributed by atoms with Crippen molar-refractivity contribution in [3.05, 3.63) is 44.7 Å². The van der Waals surface area contributed by atoms with Crippen LogP contribution in [0.4, 0.5) is 0 Å². The zero-order valence-corrected chi connectivity index (χ0v) is 26.4. The highest BCUT2D eigenvalue weighted by atomic mass is 79.9. The highest BCUT2D eigenvalue weighted by Gasteiger charge is 2.49. The number of hydrogen-bond acceptors (Lipinski definition) is 6. The molecule has 4 rings (SSSR count). The predicted molar refractivity (Wildman–Crippen MR) is 157 cm³/mol. The van der Waals surface area contributed by atoms with Crippen molar-refractivity contribution in [1.82, 2.24) is 4.90 Å². The Morgan fingerprint density at radius 1 is 0.974 bits per heavy atom. The molecule has 0 fully saturated rings.